The van der Waals surface area contributed by atoms with Crippen LogP contribution in [0.2, 0.25) is 0 Å². The molecule has 34 heavy (non-hydrogen) atoms. The molecule has 5 nitrogen and oxygen atoms in total. The van der Waals surface area contributed by atoms with Crippen LogP contribution < -0.4 is 9.47 Å². The first-order chi connectivity index (χ1) is 15.8. The number of hydrogen-bond acceptors (Lipinski definition) is 7. The Morgan fingerprint density at radius 1 is 0.706 bits per heavy atom. The van der Waals surface area contributed by atoms with Crippen molar-refractivity contribution in [1.29, 1.82) is 0 Å². The third-order valence-corrected chi connectivity index (χ3v) is 5.02. The lowest BCUT2D eigenvalue weighted by Gasteiger charge is -2.25. The van der Waals surface area contributed by atoms with Gasteiger partial charge in [-0.3, -0.25) is 14.5 Å². The van der Waals surface area contributed by atoms with E-state index < -0.39 is 39.8 Å². The molecule has 2 aromatic carbocycles. The van der Waals surface area contributed by atoms with Crippen molar-refractivity contribution >= 4 is 36.8 Å². The summed E-state index contributed by atoms with van der Waals surface area (Å²) in [5.41, 5.74) is -1.000. The lowest BCUT2D eigenvalue weighted by atomic mass is 10.1. The van der Waals surface area contributed by atoms with Gasteiger partial charge in [-0.15, -0.1) is 25.3 Å². The van der Waals surface area contributed by atoms with Crippen molar-refractivity contribution in [1.82, 2.24) is 4.90 Å². The van der Waals surface area contributed by atoms with Gasteiger partial charge in [0.25, 0.3) is 11.6 Å². The smallest absolute Gasteiger partial charge is 0.454 e. The molecule has 0 radical (unpaired) electrons. The molecule has 0 aliphatic heterocycles. The topological polar surface area (TPSA) is 55.8 Å². The lowest BCUT2D eigenvalue weighted by molar-refractivity contribution is -0.0888. The van der Waals surface area contributed by atoms with E-state index in [-0.39, 0.29) is 24.7 Å². The van der Waals surface area contributed by atoms with E-state index in [4.69, 9.17) is 9.47 Å². The van der Waals surface area contributed by atoms with Crippen LogP contribution in [-0.2, 0) is 0 Å². The SMILES string of the molecule is O=C(c1ccc(OCCN(CCOc2ccc(C(=O)C(F)(F)F)cc2)C(S)S)cc1)C(F)(F)F. The number of ketones is 2. The Morgan fingerprint density at radius 2 is 1.03 bits per heavy atom. The van der Waals surface area contributed by atoms with Gasteiger partial charge < -0.3 is 9.47 Å². The molecule has 0 unspecified atom stereocenters. The number of rotatable bonds is 11. The molecule has 2 rings (SSSR count). The summed E-state index contributed by atoms with van der Waals surface area (Å²) in [6, 6.07) is 9.07. The highest BCUT2D eigenvalue weighted by molar-refractivity contribution is 7.99. The Bertz CT molecular complexity index is 888. The molecule has 0 spiro atoms. The highest BCUT2D eigenvalue weighted by Crippen LogP contribution is 2.24. The molecule has 0 fully saturated rings. The Labute approximate surface area is 201 Å². The number of ether oxygens (including phenoxy) is 2. The summed E-state index contributed by atoms with van der Waals surface area (Å²) >= 11 is 8.46. The quantitative estimate of drug-likeness (QED) is 0.185. The van der Waals surface area contributed by atoms with Crippen LogP contribution in [0.15, 0.2) is 48.5 Å². The predicted octanol–water partition coefficient (Wildman–Crippen LogP) is 5.08. The number of benzene rings is 2. The Kier molecular flexibility index (Phi) is 9.71. The van der Waals surface area contributed by atoms with Crippen LogP contribution >= 0.6 is 25.3 Å². The molecular formula is C21H19F6NO4S2. The summed E-state index contributed by atoms with van der Waals surface area (Å²) in [7, 11) is 0. The minimum Gasteiger partial charge on any atom is -0.492 e. The number of halogens is 6. The van der Waals surface area contributed by atoms with Crippen LogP contribution in [0.4, 0.5) is 26.3 Å². The summed E-state index contributed by atoms with van der Waals surface area (Å²) in [5, 5.41) is 0. The predicted molar refractivity (Wildman–Crippen MR) is 118 cm³/mol. The van der Waals surface area contributed by atoms with E-state index in [9.17, 15) is 35.9 Å². The molecule has 0 saturated heterocycles. The summed E-state index contributed by atoms with van der Waals surface area (Å²) in [6.45, 7) is 0.865. The van der Waals surface area contributed by atoms with Crippen LogP contribution in [0.3, 0.4) is 0 Å². The largest absolute Gasteiger partial charge is 0.492 e. The maximum Gasteiger partial charge on any atom is 0.454 e. The zero-order valence-electron chi connectivity index (χ0n) is 17.3. The number of hydrogen-bond donors (Lipinski definition) is 2. The van der Waals surface area contributed by atoms with Crippen molar-refractivity contribution in [3.8, 4) is 11.5 Å². The fourth-order valence-corrected chi connectivity index (χ4v) is 3.10. The number of carbonyl (C=O) groups is 2. The van der Waals surface area contributed by atoms with Crippen molar-refractivity contribution in [3.63, 3.8) is 0 Å². The van der Waals surface area contributed by atoms with Gasteiger partial charge in [-0.1, -0.05) is 0 Å². The number of thiol groups is 2. The van der Waals surface area contributed by atoms with E-state index in [0.29, 0.717) is 13.1 Å². The maximum atomic E-state index is 12.4. The van der Waals surface area contributed by atoms with Gasteiger partial charge >= 0.3 is 12.4 Å². The first-order valence-electron chi connectivity index (χ1n) is 9.58. The highest BCUT2D eigenvalue weighted by atomic mass is 32.2. The van der Waals surface area contributed by atoms with Crippen LogP contribution in [0.5, 0.6) is 11.5 Å². The fraction of sp³-hybridized carbons (Fsp3) is 0.333. The van der Waals surface area contributed by atoms with Crippen molar-refractivity contribution < 1.29 is 45.4 Å². The first-order valence-corrected chi connectivity index (χ1v) is 10.6. The lowest BCUT2D eigenvalue weighted by Crippen LogP contribution is -2.35. The fourth-order valence-electron chi connectivity index (χ4n) is 2.64. The molecule has 0 aromatic heterocycles. The number of Topliss-reactive ketones (excluding diaryl/α,β-unsaturated/α-hetero) is 2. The second-order valence-corrected chi connectivity index (χ2v) is 8.17. The second-order valence-electron chi connectivity index (χ2n) is 6.78. The molecule has 13 heteroatoms. The normalized spacial score (nSPS) is 12.2. The molecule has 2 aromatic rings. The van der Waals surface area contributed by atoms with Crippen molar-refractivity contribution in [2.45, 2.75) is 17.1 Å². The molecule has 0 aliphatic carbocycles. The molecule has 0 heterocycles. The van der Waals surface area contributed by atoms with E-state index in [1.165, 1.54) is 24.3 Å². The summed E-state index contributed by atoms with van der Waals surface area (Å²) in [5.74, 6) is -3.36. The van der Waals surface area contributed by atoms with E-state index in [2.05, 4.69) is 25.3 Å². The van der Waals surface area contributed by atoms with Crippen LogP contribution in [-0.4, -0.2) is 59.8 Å². The molecular weight excluding hydrogens is 508 g/mol. The van der Waals surface area contributed by atoms with Crippen molar-refractivity contribution in [2.75, 3.05) is 26.3 Å². The monoisotopic (exact) mass is 527 g/mol. The molecule has 186 valence electrons. The maximum absolute atomic E-state index is 12.4. The average Bonchev–Trinajstić information content (AvgIpc) is 2.76. The van der Waals surface area contributed by atoms with E-state index >= 15 is 0 Å². The minimum absolute atomic E-state index is 0.123. The second kappa shape index (κ2) is 11.8. The molecule has 0 bridgehead atoms. The molecule has 0 atom stereocenters. The number of alkyl halides is 6. The van der Waals surface area contributed by atoms with Gasteiger partial charge in [-0.05, 0) is 48.5 Å². The van der Waals surface area contributed by atoms with Gasteiger partial charge in [0.2, 0.25) is 0 Å². The van der Waals surface area contributed by atoms with Gasteiger partial charge in [0.15, 0.2) is 0 Å². The number of nitrogens with zero attached hydrogens (tertiary/aromatic N) is 1. The average molecular weight is 528 g/mol. The van der Waals surface area contributed by atoms with Gasteiger partial charge in [-0.2, -0.15) is 26.3 Å². The summed E-state index contributed by atoms with van der Waals surface area (Å²) in [6.07, 6.45) is -9.91. The first kappa shape index (κ1) is 27.9. The third kappa shape index (κ3) is 8.44. The van der Waals surface area contributed by atoms with Crippen LogP contribution in [0, 0.1) is 0 Å². The van der Waals surface area contributed by atoms with Gasteiger partial charge in [0.1, 0.15) is 24.7 Å². The van der Waals surface area contributed by atoms with Crippen molar-refractivity contribution in [2.24, 2.45) is 0 Å². The van der Waals surface area contributed by atoms with E-state index in [1.807, 2.05) is 0 Å². The van der Waals surface area contributed by atoms with E-state index in [0.717, 1.165) is 24.3 Å². The number of carbonyl (C=O) groups excluding carboxylic acids is 2. The highest BCUT2D eigenvalue weighted by Gasteiger charge is 2.39. The zero-order chi connectivity index (χ0) is 25.5. The Morgan fingerprint density at radius 3 is 1.29 bits per heavy atom. The van der Waals surface area contributed by atoms with Crippen LogP contribution in [0.1, 0.15) is 20.7 Å². The standard InChI is InChI=1S/C21H19F6NO4S2/c22-20(23,24)17(29)13-1-5-15(6-2-13)31-11-9-28(19(33)34)10-12-32-16-7-3-14(4-8-16)18(30)21(25,26)27/h1-8,19,33-34H,9-12H2. The Hall–Kier alpha value is -2.38. The van der Waals surface area contributed by atoms with Gasteiger partial charge in [0.05, 0.1) is 4.71 Å². The third-order valence-electron chi connectivity index (χ3n) is 4.37. The zero-order valence-corrected chi connectivity index (χ0v) is 19.1. The molecule has 0 N–H and O–H groups in total. The molecule has 0 aliphatic rings. The van der Waals surface area contributed by atoms with Gasteiger partial charge in [0, 0.05) is 24.2 Å². The van der Waals surface area contributed by atoms with E-state index in [1.54, 1.807) is 4.90 Å². The van der Waals surface area contributed by atoms with Crippen LogP contribution in [0.25, 0.3) is 0 Å². The Balaban J connectivity index is 1.81. The van der Waals surface area contributed by atoms with Gasteiger partial charge in [-0.25, -0.2) is 0 Å². The molecule has 0 amide bonds. The summed E-state index contributed by atoms with van der Waals surface area (Å²) < 4.78 is 85.1. The van der Waals surface area contributed by atoms with Crippen molar-refractivity contribution in [3.05, 3.63) is 59.7 Å². The minimum atomic E-state index is -4.96. The summed E-state index contributed by atoms with van der Waals surface area (Å²) in [4.78, 5) is 24.1. The molecule has 0 saturated carbocycles.